The smallest absolute Gasteiger partial charge is 0.229 e. The van der Waals surface area contributed by atoms with Gasteiger partial charge >= 0.3 is 0 Å². The molecule has 0 amide bonds. The maximum Gasteiger partial charge on any atom is 0.229 e. The molecule has 124 valence electrons. The second-order valence-electron chi connectivity index (χ2n) is 5.21. The Balaban J connectivity index is 1.82. The summed E-state index contributed by atoms with van der Waals surface area (Å²) in [7, 11) is 0. The number of benzene rings is 1. The van der Waals surface area contributed by atoms with Gasteiger partial charge in [0.2, 0.25) is 5.95 Å². The quantitative estimate of drug-likeness (QED) is 0.588. The van der Waals surface area contributed by atoms with Crippen molar-refractivity contribution in [3.05, 3.63) is 71.6 Å². The Labute approximate surface area is 145 Å². The molecule has 0 atom stereocenters. The maximum atomic E-state index is 14.0. The van der Waals surface area contributed by atoms with Crippen molar-refractivity contribution in [1.29, 1.82) is 0 Å². The Morgan fingerprint density at radius 1 is 1.00 bits per heavy atom. The summed E-state index contributed by atoms with van der Waals surface area (Å²) in [6.07, 6.45) is 4.69. The van der Waals surface area contributed by atoms with E-state index in [0.717, 1.165) is 0 Å². The summed E-state index contributed by atoms with van der Waals surface area (Å²) in [5.74, 6) is -1.02. The number of anilines is 2. The van der Waals surface area contributed by atoms with Crippen LogP contribution in [-0.2, 0) is 0 Å². The van der Waals surface area contributed by atoms with E-state index in [0.29, 0.717) is 22.2 Å². The zero-order valence-electron chi connectivity index (χ0n) is 12.6. The highest BCUT2D eigenvalue weighted by molar-refractivity contribution is 6.33. The van der Waals surface area contributed by atoms with Crippen molar-refractivity contribution in [2.75, 3.05) is 5.32 Å². The van der Waals surface area contributed by atoms with E-state index in [1.165, 1.54) is 22.7 Å². The van der Waals surface area contributed by atoms with Gasteiger partial charge in [0.15, 0.2) is 0 Å². The first kappa shape index (κ1) is 15.5. The third-order valence-electron chi connectivity index (χ3n) is 3.62. The second kappa shape index (κ2) is 6.10. The molecular formula is C17H10ClF2N5. The number of rotatable bonds is 3. The first-order valence-corrected chi connectivity index (χ1v) is 7.67. The fourth-order valence-corrected chi connectivity index (χ4v) is 2.59. The normalized spacial score (nSPS) is 11.0. The number of imidazole rings is 1. The van der Waals surface area contributed by atoms with Gasteiger partial charge in [-0.3, -0.25) is 4.98 Å². The minimum absolute atomic E-state index is 0.154. The molecule has 0 saturated heterocycles. The van der Waals surface area contributed by atoms with Gasteiger partial charge in [0.05, 0.1) is 39.9 Å². The molecule has 1 aromatic carbocycles. The highest BCUT2D eigenvalue weighted by Gasteiger charge is 2.15. The number of nitrogens with zero attached hydrogens (tertiary/aromatic N) is 4. The average Bonchev–Trinajstić information content (AvgIpc) is 2.99. The van der Waals surface area contributed by atoms with Gasteiger partial charge in [0.25, 0.3) is 0 Å². The standard InChI is InChI=1S/C17H10ClF2N5/c18-11-6-7-21-9-15(11)23-17-22-8-10-4-5-14(24-25(10)17)16-12(19)2-1-3-13(16)20/h1-9H,(H,22,23). The van der Waals surface area contributed by atoms with E-state index < -0.39 is 11.6 Å². The molecule has 0 aliphatic carbocycles. The van der Waals surface area contributed by atoms with E-state index in [1.54, 1.807) is 36.8 Å². The summed E-state index contributed by atoms with van der Waals surface area (Å²) in [6.45, 7) is 0. The van der Waals surface area contributed by atoms with Crippen LogP contribution < -0.4 is 5.32 Å². The molecule has 0 bridgehead atoms. The number of hydrogen-bond donors (Lipinski definition) is 1. The Kier molecular flexibility index (Phi) is 3.77. The minimum atomic E-state index is -0.684. The van der Waals surface area contributed by atoms with E-state index in [-0.39, 0.29) is 11.3 Å². The number of halogens is 3. The molecule has 0 aliphatic rings. The fraction of sp³-hybridized carbons (Fsp3) is 0. The molecule has 0 saturated carbocycles. The zero-order chi connectivity index (χ0) is 17.4. The predicted molar refractivity (Wildman–Crippen MR) is 90.9 cm³/mol. The van der Waals surface area contributed by atoms with Crippen LogP contribution in [0.4, 0.5) is 20.4 Å². The molecule has 3 heterocycles. The Bertz CT molecular complexity index is 1060. The number of pyridine rings is 1. The molecule has 4 aromatic rings. The molecule has 8 heteroatoms. The Morgan fingerprint density at radius 2 is 1.80 bits per heavy atom. The lowest BCUT2D eigenvalue weighted by Crippen LogP contribution is -2.03. The third-order valence-corrected chi connectivity index (χ3v) is 3.95. The lowest BCUT2D eigenvalue weighted by Gasteiger charge is -2.08. The lowest BCUT2D eigenvalue weighted by molar-refractivity contribution is 0.588. The van der Waals surface area contributed by atoms with E-state index in [2.05, 4.69) is 20.4 Å². The highest BCUT2D eigenvalue weighted by Crippen LogP contribution is 2.27. The third kappa shape index (κ3) is 2.78. The zero-order valence-corrected chi connectivity index (χ0v) is 13.4. The van der Waals surface area contributed by atoms with Crippen molar-refractivity contribution >= 4 is 28.8 Å². The second-order valence-corrected chi connectivity index (χ2v) is 5.62. The molecule has 4 rings (SSSR count). The molecule has 0 unspecified atom stereocenters. The van der Waals surface area contributed by atoms with Crippen molar-refractivity contribution in [3.8, 4) is 11.3 Å². The van der Waals surface area contributed by atoms with Gasteiger partial charge in [-0.2, -0.15) is 9.61 Å². The summed E-state index contributed by atoms with van der Waals surface area (Å²) >= 11 is 6.10. The Hall–Kier alpha value is -3.06. The average molecular weight is 358 g/mol. The summed E-state index contributed by atoms with van der Waals surface area (Å²) in [5, 5.41) is 7.77. The number of aromatic nitrogens is 4. The lowest BCUT2D eigenvalue weighted by atomic mass is 10.1. The molecule has 3 aromatic heterocycles. The highest BCUT2D eigenvalue weighted by atomic mass is 35.5. The van der Waals surface area contributed by atoms with Crippen LogP contribution in [0.1, 0.15) is 0 Å². The monoisotopic (exact) mass is 357 g/mol. The van der Waals surface area contributed by atoms with Crippen molar-refractivity contribution < 1.29 is 8.78 Å². The molecule has 25 heavy (non-hydrogen) atoms. The van der Waals surface area contributed by atoms with E-state index in [9.17, 15) is 8.78 Å². The first-order valence-electron chi connectivity index (χ1n) is 7.29. The van der Waals surface area contributed by atoms with Crippen LogP contribution in [0.2, 0.25) is 5.02 Å². The summed E-state index contributed by atoms with van der Waals surface area (Å²) in [5.41, 5.74) is 1.16. The largest absolute Gasteiger partial charge is 0.322 e. The van der Waals surface area contributed by atoms with E-state index in [4.69, 9.17) is 11.6 Å². The molecule has 0 spiro atoms. The number of nitrogens with one attached hydrogen (secondary N) is 1. The minimum Gasteiger partial charge on any atom is -0.322 e. The molecule has 0 aliphatic heterocycles. The van der Waals surface area contributed by atoms with E-state index in [1.807, 2.05) is 0 Å². The summed E-state index contributed by atoms with van der Waals surface area (Å²) in [6, 6.07) is 8.53. The summed E-state index contributed by atoms with van der Waals surface area (Å²) in [4.78, 5) is 8.22. The predicted octanol–water partition coefficient (Wildman–Crippen LogP) is 4.47. The van der Waals surface area contributed by atoms with Gasteiger partial charge in [-0.1, -0.05) is 17.7 Å². The summed E-state index contributed by atoms with van der Waals surface area (Å²) < 4.78 is 29.5. The van der Waals surface area contributed by atoms with Crippen molar-refractivity contribution in [3.63, 3.8) is 0 Å². The molecular weight excluding hydrogens is 348 g/mol. The van der Waals surface area contributed by atoms with Crippen LogP contribution in [-0.4, -0.2) is 19.6 Å². The van der Waals surface area contributed by atoms with Gasteiger partial charge in [0.1, 0.15) is 11.6 Å². The fourth-order valence-electron chi connectivity index (χ4n) is 2.43. The van der Waals surface area contributed by atoms with Gasteiger partial charge in [0, 0.05) is 6.20 Å². The topological polar surface area (TPSA) is 55.1 Å². The first-order chi connectivity index (χ1) is 12.1. The van der Waals surface area contributed by atoms with Crippen molar-refractivity contribution in [1.82, 2.24) is 19.6 Å². The number of fused-ring (bicyclic) bond motifs is 1. The van der Waals surface area contributed by atoms with Crippen LogP contribution in [0.25, 0.3) is 16.8 Å². The van der Waals surface area contributed by atoms with Crippen LogP contribution in [0, 0.1) is 11.6 Å². The van der Waals surface area contributed by atoms with E-state index >= 15 is 0 Å². The van der Waals surface area contributed by atoms with Crippen LogP contribution in [0.15, 0.2) is 55.0 Å². The van der Waals surface area contributed by atoms with Gasteiger partial charge < -0.3 is 5.32 Å². The van der Waals surface area contributed by atoms with Gasteiger partial charge in [-0.15, -0.1) is 0 Å². The molecule has 0 radical (unpaired) electrons. The molecule has 0 fully saturated rings. The molecule has 5 nitrogen and oxygen atoms in total. The van der Waals surface area contributed by atoms with Crippen molar-refractivity contribution in [2.45, 2.75) is 0 Å². The maximum absolute atomic E-state index is 14.0. The SMILES string of the molecule is Fc1cccc(F)c1-c1ccc2cnc(Nc3cnccc3Cl)n2n1. The Morgan fingerprint density at radius 3 is 2.56 bits per heavy atom. The van der Waals surface area contributed by atoms with Gasteiger partial charge in [-0.25, -0.2) is 13.8 Å². The number of hydrogen-bond acceptors (Lipinski definition) is 4. The van der Waals surface area contributed by atoms with Crippen LogP contribution in [0.5, 0.6) is 0 Å². The molecule has 1 N–H and O–H groups in total. The van der Waals surface area contributed by atoms with Crippen LogP contribution >= 0.6 is 11.6 Å². The van der Waals surface area contributed by atoms with Crippen molar-refractivity contribution in [2.24, 2.45) is 0 Å². The van der Waals surface area contributed by atoms with Crippen LogP contribution in [0.3, 0.4) is 0 Å². The van der Waals surface area contributed by atoms with Gasteiger partial charge in [-0.05, 0) is 30.3 Å².